The number of hydrogen-bond acceptors (Lipinski definition) is 8. The largest absolute Gasteiger partial charge is 0.508 e. The van der Waals surface area contributed by atoms with E-state index in [2.05, 4.69) is 38.8 Å². The first-order chi connectivity index (χ1) is 25.2. The minimum absolute atomic E-state index is 0.0170. The fourth-order valence-electron chi connectivity index (χ4n) is 5.47. The number of nitrogens with one attached hydrogen (secondary N) is 6. The molecule has 0 spiro atoms. The molecule has 0 aliphatic carbocycles. The number of nitrogens with two attached hydrogens (primary N) is 1. The molecular weight excluding hydrogens is 682 g/mol. The summed E-state index contributed by atoms with van der Waals surface area (Å²) in [6.07, 6.45) is 4.34. The van der Waals surface area contributed by atoms with Crippen molar-refractivity contribution in [1.82, 2.24) is 31.9 Å². The molecule has 2 rings (SSSR count). The number of unbranched alkanes of at least 4 members (excludes halogenated alkanes) is 3. The smallest absolute Gasteiger partial charge is 0.243 e. The van der Waals surface area contributed by atoms with Gasteiger partial charge in [-0.15, -0.1) is 0 Å². The molecule has 2 aromatic carbocycles. The maximum atomic E-state index is 13.3. The van der Waals surface area contributed by atoms with E-state index in [0.29, 0.717) is 24.8 Å². The van der Waals surface area contributed by atoms with Crippen LogP contribution in [-0.4, -0.2) is 83.7 Å². The molecule has 0 heterocycles. The second kappa shape index (κ2) is 23.2. The Kier molecular flexibility index (Phi) is 19.1. The van der Waals surface area contributed by atoms with Crippen molar-refractivity contribution in [2.75, 3.05) is 13.1 Å². The summed E-state index contributed by atoms with van der Waals surface area (Å²) in [5.74, 6) is -4.30. The quantitative estimate of drug-likeness (QED) is 0.0760. The summed E-state index contributed by atoms with van der Waals surface area (Å²) in [6, 6.07) is 10.9. The van der Waals surface area contributed by atoms with E-state index in [1.807, 2.05) is 13.8 Å². The van der Waals surface area contributed by atoms with Gasteiger partial charge >= 0.3 is 0 Å². The van der Waals surface area contributed by atoms with E-state index in [0.717, 1.165) is 24.8 Å². The lowest BCUT2D eigenvalue weighted by Crippen LogP contribution is -2.56. The van der Waals surface area contributed by atoms with Crippen molar-refractivity contribution in [1.29, 1.82) is 0 Å². The van der Waals surface area contributed by atoms with Crippen LogP contribution in [0.5, 0.6) is 5.75 Å². The zero-order valence-electron chi connectivity index (χ0n) is 31.0. The molecule has 290 valence electrons. The van der Waals surface area contributed by atoms with Gasteiger partial charge in [0.25, 0.3) is 0 Å². The van der Waals surface area contributed by atoms with Crippen LogP contribution < -0.4 is 37.6 Å². The highest BCUT2D eigenvalue weighted by Crippen LogP contribution is 2.13. The van der Waals surface area contributed by atoms with Crippen molar-refractivity contribution in [2.45, 2.75) is 103 Å². The predicted molar refractivity (Wildman–Crippen MR) is 199 cm³/mol. The first-order valence-electron chi connectivity index (χ1n) is 18.0. The van der Waals surface area contributed by atoms with Crippen LogP contribution in [0.2, 0.25) is 0 Å². The molecular formula is C38H55N7O8. The van der Waals surface area contributed by atoms with Gasteiger partial charge < -0.3 is 42.7 Å². The predicted octanol–water partition coefficient (Wildman–Crippen LogP) is 0.871. The van der Waals surface area contributed by atoms with Crippen LogP contribution in [0, 0.1) is 5.92 Å². The number of phenols is 1. The van der Waals surface area contributed by atoms with Crippen LogP contribution in [0.4, 0.5) is 0 Å². The topological polar surface area (TPSA) is 238 Å². The van der Waals surface area contributed by atoms with E-state index >= 15 is 0 Å². The summed E-state index contributed by atoms with van der Waals surface area (Å²) in [4.78, 5) is 89.3. The van der Waals surface area contributed by atoms with Gasteiger partial charge in [0.2, 0.25) is 41.4 Å². The summed E-state index contributed by atoms with van der Waals surface area (Å²) < 4.78 is 0. The zero-order valence-corrected chi connectivity index (χ0v) is 31.0. The Morgan fingerprint density at radius 3 is 1.79 bits per heavy atom. The number of benzene rings is 2. The average Bonchev–Trinajstić information content (AvgIpc) is 3.11. The molecule has 0 saturated carbocycles. The highest BCUT2D eigenvalue weighted by Gasteiger charge is 2.28. The minimum atomic E-state index is -1.15. The van der Waals surface area contributed by atoms with E-state index in [1.165, 1.54) is 19.1 Å². The van der Waals surface area contributed by atoms with E-state index in [9.17, 15) is 38.7 Å². The van der Waals surface area contributed by atoms with Gasteiger partial charge in [0, 0.05) is 19.8 Å². The molecule has 0 aromatic heterocycles. The van der Waals surface area contributed by atoms with Crippen LogP contribution in [0.15, 0.2) is 54.6 Å². The molecule has 15 heteroatoms. The Morgan fingerprint density at radius 2 is 1.21 bits per heavy atom. The SMILES string of the molecule is CCCCCC[C@H](NC(C)=O)C(=O)N[C@@H](Cc1ccc(O)cc1)C(=O)NCC(=O)NCC(=O)N[C@@H](Cc1ccccc1)C(=O)N[C@@H](CC(C)C)C(N)=O. The molecule has 0 aliphatic heterocycles. The van der Waals surface area contributed by atoms with Crippen LogP contribution in [0.3, 0.4) is 0 Å². The van der Waals surface area contributed by atoms with E-state index in [4.69, 9.17) is 5.73 Å². The van der Waals surface area contributed by atoms with Gasteiger partial charge in [-0.1, -0.05) is 88.9 Å². The molecule has 0 unspecified atom stereocenters. The molecule has 0 bridgehead atoms. The summed E-state index contributed by atoms with van der Waals surface area (Å²) >= 11 is 0. The Bertz CT molecular complexity index is 1520. The third-order valence-corrected chi connectivity index (χ3v) is 8.22. The number of primary amides is 1. The number of phenolic OH excluding ortho intramolecular Hbond substituents is 1. The molecule has 7 amide bonds. The monoisotopic (exact) mass is 737 g/mol. The van der Waals surface area contributed by atoms with Crippen LogP contribution in [0.1, 0.15) is 77.3 Å². The van der Waals surface area contributed by atoms with Gasteiger partial charge in [0.1, 0.15) is 29.9 Å². The van der Waals surface area contributed by atoms with Crippen molar-refractivity contribution >= 4 is 41.4 Å². The second-order valence-corrected chi connectivity index (χ2v) is 13.4. The normalized spacial score (nSPS) is 13.1. The first-order valence-corrected chi connectivity index (χ1v) is 18.0. The molecule has 9 N–H and O–H groups in total. The number of aromatic hydroxyl groups is 1. The average molecular weight is 738 g/mol. The molecule has 15 nitrogen and oxygen atoms in total. The van der Waals surface area contributed by atoms with Gasteiger partial charge in [-0.2, -0.15) is 0 Å². The summed E-state index contributed by atoms with van der Waals surface area (Å²) in [7, 11) is 0. The van der Waals surface area contributed by atoms with Crippen molar-refractivity contribution in [2.24, 2.45) is 11.7 Å². The number of amides is 7. The Hall–Kier alpha value is -5.47. The maximum Gasteiger partial charge on any atom is 0.243 e. The van der Waals surface area contributed by atoms with Gasteiger partial charge in [0.15, 0.2) is 0 Å². The van der Waals surface area contributed by atoms with Crippen molar-refractivity contribution in [3.05, 3.63) is 65.7 Å². The van der Waals surface area contributed by atoms with Crippen LogP contribution in [0.25, 0.3) is 0 Å². The van der Waals surface area contributed by atoms with E-state index in [-0.39, 0.29) is 24.5 Å². The molecule has 2 aromatic rings. The second-order valence-electron chi connectivity index (χ2n) is 13.4. The number of carbonyl (C=O) groups is 7. The fraction of sp³-hybridized carbons (Fsp3) is 0.500. The highest BCUT2D eigenvalue weighted by atomic mass is 16.3. The van der Waals surface area contributed by atoms with Crippen molar-refractivity contribution in [3.63, 3.8) is 0 Å². The lowest BCUT2D eigenvalue weighted by Gasteiger charge is -2.23. The Morgan fingerprint density at radius 1 is 0.642 bits per heavy atom. The summed E-state index contributed by atoms with van der Waals surface area (Å²) in [6.45, 7) is 6.05. The van der Waals surface area contributed by atoms with Crippen LogP contribution in [-0.2, 0) is 46.4 Å². The third-order valence-electron chi connectivity index (χ3n) is 8.22. The Balaban J connectivity index is 2.06. The molecule has 53 heavy (non-hydrogen) atoms. The minimum Gasteiger partial charge on any atom is -0.508 e. The lowest BCUT2D eigenvalue weighted by atomic mass is 10.0. The van der Waals surface area contributed by atoms with E-state index < -0.39 is 78.6 Å². The van der Waals surface area contributed by atoms with Gasteiger partial charge in [-0.25, -0.2) is 0 Å². The van der Waals surface area contributed by atoms with Crippen LogP contribution >= 0.6 is 0 Å². The zero-order chi connectivity index (χ0) is 39.3. The lowest BCUT2D eigenvalue weighted by molar-refractivity contribution is -0.133. The van der Waals surface area contributed by atoms with E-state index in [1.54, 1.807) is 42.5 Å². The standard InChI is InChI=1S/C38H55N7O8/c1-5-6-7-11-14-29(42-25(4)46)37(52)45-31(21-27-15-17-28(47)18-16-27)36(51)41-22-33(48)40-23-34(49)43-32(20-26-12-9-8-10-13-26)38(53)44-30(35(39)50)19-24(2)3/h8-10,12-13,15-18,24,29-32,47H,5-7,11,14,19-23H2,1-4H3,(H2,39,50)(H,40,48)(H,41,51)(H,42,46)(H,43,49)(H,44,53)(H,45,52)/t29-,30-,31-,32-/m0/s1. The number of hydrogen-bond donors (Lipinski definition) is 8. The summed E-state index contributed by atoms with van der Waals surface area (Å²) in [5.41, 5.74) is 6.86. The van der Waals surface area contributed by atoms with Crippen molar-refractivity contribution < 1.29 is 38.7 Å². The number of rotatable bonds is 23. The molecule has 4 atom stereocenters. The molecule has 0 radical (unpaired) electrons. The molecule has 0 fully saturated rings. The number of carbonyl (C=O) groups excluding carboxylic acids is 7. The maximum absolute atomic E-state index is 13.3. The molecule has 0 saturated heterocycles. The van der Waals surface area contributed by atoms with Crippen molar-refractivity contribution in [3.8, 4) is 5.75 Å². The van der Waals surface area contributed by atoms with Gasteiger partial charge in [-0.05, 0) is 42.0 Å². The highest BCUT2D eigenvalue weighted by molar-refractivity contribution is 5.95. The third kappa shape index (κ3) is 17.5. The Labute approximate surface area is 311 Å². The fourth-order valence-corrected chi connectivity index (χ4v) is 5.47. The first kappa shape index (κ1) is 43.7. The summed E-state index contributed by atoms with van der Waals surface area (Å²) in [5, 5.41) is 25.1. The van der Waals surface area contributed by atoms with Gasteiger partial charge in [0.05, 0.1) is 13.1 Å². The van der Waals surface area contributed by atoms with Gasteiger partial charge in [-0.3, -0.25) is 33.6 Å². The molecule has 0 aliphatic rings.